The van der Waals surface area contributed by atoms with E-state index in [1.807, 2.05) is 13.8 Å². The largest absolute Gasteiger partial charge is 0.469 e. The molecule has 0 aliphatic carbocycles. The van der Waals surface area contributed by atoms with E-state index in [2.05, 4.69) is 20.8 Å². The van der Waals surface area contributed by atoms with Crippen molar-refractivity contribution in [2.24, 2.45) is 11.3 Å². The zero-order valence-corrected chi connectivity index (χ0v) is 17.4. The Morgan fingerprint density at radius 2 is 1.96 bits per heavy atom. The lowest BCUT2D eigenvalue weighted by Gasteiger charge is -2.56. The maximum atomic E-state index is 11.8. The number of rotatable bonds is 5. The van der Waals surface area contributed by atoms with Crippen molar-refractivity contribution in [3.05, 3.63) is 11.3 Å². The van der Waals surface area contributed by atoms with Crippen LogP contribution in [0.15, 0.2) is 11.3 Å². The molecule has 0 aromatic heterocycles. The first-order valence-electron chi connectivity index (χ1n) is 9.28. The molecule has 2 rings (SSSR count). The molecule has 6 nitrogen and oxygen atoms in total. The van der Waals surface area contributed by atoms with Crippen molar-refractivity contribution in [1.82, 2.24) is 0 Å². The average molecular weight is 370 g/mol. The van der Waals surface area contributed by atoms with E-state index in [1.54, 1.807) is 14.2 Å². The predicted molar refractivity (Wildman–Crippen MR) is 97.5 cm³/mol. The Balaban J connectivity index is 2.41. The molecule has 1 saturated heterocycles. The van der Waals surface area contributed by atoms with Gasteiger partial charge in [0.05, 0.1) is 25.4 Å². The minimum Gasteiger partial charge on any atom is -0.469 e. The molecule has 0 radical (unpaired) electrons. The lowest BCUT2D eigenvalue weighted by molar-refractivity contribution is -0.356. The van der Waals surface area contributed by atoms with Gasteiger partial charge in [0.1, 0.15) is 12.2 Å². The number of allylic oxidation sites excluding steroid dienone is 1. The molecule has 0 amide bonds. The van der Waals surface area contributed by atoms with Gasteiger partial charge in [-0.2, -0.15) is 0 Å². The summed E-state index contributed by atoms with van der Waals surface area (Å²) in [6, 6.07) is 0. The molecular formula is C20H34O6. The third kappa shape index (κ3) is 3.78. The van der Waals surface area contributed by atoms with Crippen LogP contribution in [0.5, 0.6) is 0 Å². The molecular weight excluding hydrogens is 336 g/mol. The lowest BCUT2D eigenvalue weighted by atomic mass is 9.70. The number of esters is 1. The Morgan fingerprint density at radius 1 is 1.31 bits per heavy atom. The summed E-state index contributed by atoms with van der Waals surface area (Å²) in [6.07, 6.45) is 1.19. The van der Waals surface area contributed by atoms with E-state index < -0.39 is 5.79 Å². The van der Waals surface area contributed by atoms with E-state index >= 15 is 0 Å². The molecule has 0 aromatic rings. The fraction of sp³-hybridized carbons (Fsp3) is 0.850. The SMILES string of the molecule is COC(=O)CC1=C(C)CC(C)(C)[C@]2(C[C@@H](OC)[C@H](C)[C@@H]([C@@H](C)OC)O2)O1. The molecule has 0 saturated carbocycles. The van der Waals surface area contributed by atoms with Crippen LogP contribution in [-0.2, 0) is 28.5 Å². The fourth-order valence-electron chi connectivity index (χ4n) is 4.21. The summed E-state index contributed by atoms with van der Waals surface area (Å²) in [5.74, 6) is -0.385. The number of ether oxygens (including phenoxy) is 5. The number of carbonyl (C=O) groups is 1. The third-order valence-corrected chi connectivity index (χ3v) is 6.07. The van der Waals surface area contributed by atoms with Crippen molar-refractivity contribution in [2.45, 2.75) is 78.0 Å². The molecule has 2 aliphatic rings. The Kier molecular flexibility index (Phi) is 6.41. The number of hydrogen-bond acceptors (Lipinski definition) is 6. The van der Waals surface area contributed by atoms with Crippen molar-refractivity contribution in [3.8, 4) is 0 Å². The average Bonchev–Trinajstić information content (AvgIpc) is 2.59. The molecule has 26 heavy (non-hydrogen) atoms. The van der Waals surface area contributed by atoms with Gasteiger partial charge in [0.2, 0.25) is 5.79 Å². The van der Waals surface area contributed by atoms with Crippen LogP contribution in [0.2, 0.25) is 0 Å². The number of methoxy groups -OCH3 is 3. The normalized spacial score (nSPS) is 35.2. The second-order valence-corrected chi connectivity index (χ2v) is 8.23. The Bertz CT molecular complexity index is 555. The smallest absolute Gasteiger partial charge is 0.313 e. The van der Waals surface area contributed by atoms with Gasteiger partial charge in [-0.25, -0.2) is 0 Å². The van der Waals surface area contributed by atoms with Gasteiger partial charge in [0.25, 0.3) is 0 Å². The first kappa shape index (κ1) is 21.2. The molecule has 2 aliphatic heterocycles. The van der Waals surface area contributed by atoms with Crippen molar-refractivity contribution in [2.75, 3.05) is 21.3 Å². The highest BCUT2D eigenvalue weighted by molar-refractivity contribution is 5.72. The van der Waals surface area contributed by atoms with Crippen molar-refractivity contribution in [1.29, 1.82) is 0 Å². The highest BCUT2D eigenvalue weighted by Crippen LogP contribution is 2.53. The standard InChI is InChI=1S/C20H34O6/c1-12-10-19(4,5)20(25-15(12)9-17(21)24-8)11-16(23-7)13(2)18(26-20)14(3)22-6/h13-14,16,18H,9-11H2,1-8H3/t13-,14+,16+,18-,20+/m0/s1. The van der Waals surface area contributed by atoms with Crippen molar-refractivity contribution in [3.63, 3.8) is 0 Å². The van der Waals surface area contributed by atoms with Crippen LogP contribution in [0.3, 0.4) is 0 Å². The van der Waals surface area contributed by atoms with Crippen LogP contribution < -0.4 is 0 Å². The van der Waals surface area contributed by atoms with E-state index in [0.717, 1.165) is 12.0 Å². The summed E-state index contributed by atoms with van der Waals surface area (Å²) in [5.41, 5.74) is 0.776. The molecule has 1 fully saturated rings. The van der Waals surface area contributed by atoms with Crippen LogP contribution >= 0.6 is 0 Å². The maximum Gasteiger partial charge on any atom is 0.313 e. The van der Waals surface area contributed by atoms with E-state index in [0.29, 0.717) is 12.2 Å². The molecule has 6 heteroatoms. The van der Waals surface area contributed by atoms with Gasteiger partial charge >= 0.3 is 5.97 Å². The monoisotopic (exact) mass is 370 g/mol. The van der Waals surface area contributed by atoms with Gasteiger partial charge in [0.15, 0.2) is 0 Å². The Morgan fingerprint density at radius 3 is 2.50 bits per heavy atom. The first-order valence-corrected chi connectivity index (χ1v) is 9.28. The van der Waals surface area contributed by atoms with Crippen LogP contribution in [0.25, 0.3) is 0 Å². The summed E-state index contributed by atoms with van der Waals surface area (Å²) >= 11 is 0. The quantitative estimate of drug-likeness (QED) is 0.691. The molecule has 5 atom stereocenters. The van der Waals surface area contributed by atoms with Crippen molar-refractivity contribution >= 4 is 5.97 Å². The van der Waals surface area contributed by atoms with E-state index in [9.17, 15) is 4.79 Å². The van der Waals surface area contributed by atoms with Crippen LogP contribution in [0.4, 0.5) is 0 Å². The fourth-order valence-corrected chi connectivity index (χ4v) is 4.21. The maximum absolute atomic E-state index is 11.8. The predicted octanol–water partition coefficient (Wildman–Crippen LogP) is 3.44. The molecule has 0 bridgehead atoms. The minimum atomic E-state index is -0.874. The molecule has 0 N–H and O–H groups in total. The zero-order chi connectivity index (χ0) is 19.7. The Hall–Kier alpha value is -1.11. The van der Waals surface area contributed by atoms with Crippen LogP contribution in [-0.4, -0.2) is 51.4 Å². The Labute approximate surface area is 157 Å². The van der Waals surface area contributed by atoms with Gasteiger partial charge < -0.3 is 23.7 Å². The summed E-state index contributed by atoms with van der Waals surface area (Å²) in [6.45, 7) is 10.4. The second-order valence-electron chi connectivity index (χ2n) is 8.23. The van der Waals surface area contributed by atoms with E-state index in [1.165, 1.54) is 7.11 Å². The lowest BCUT2D eigenvalue weighted by Crippen LogP contribution is -2.62. The molecule has 1 spiro atoms. The highest BCUT2D eigenvalue weighted by atomic mass is 16.7. The molecule has 150 valence electrons. The van der Waals surface area contributed by atoms with Crippen LogP contribution in [0.1, 0.15) is 53.9 Å². The number of carbonyl (C=O) groups excluding carboxylic acids is 1. The summed E-state index contributed by atoms with van der Waals surface area (Å²) in [5, 5.41) is 0. The van der Waals surface area contributed by atoms with Gasteiger partial charge in [-0.3, -0.25) is 4.79 Å². The van der Waals surface area contributed by atoms with E-state index in [4.69, 9.17) is 23.7 Å². The van der Waals surface area contributed by atoms with Crippen molar-refractivity contribution < 1.29 is 28.5 Å². The minimum absolute atomic E-state index is 0.0246. The van der Waals surface area contributed by atoms with Gasteiger partial charge in [-0.05, 0) is 25.8 Å². The molecule has 0 aromatic carbocycles. The van der Waals surface area contributed by atoms with Crippen LogP contribution in [0, 0.1) is 11.3 Å². The molecule has 0 unspecified atom stereocenters. The molecule has 2 heterocycles. The topological polar surface area (TPSA) is 63.2 Å². The van der Waals surface area contributed by atoms with Gasteiger partial charge in [0, 0.05) is 32.0 Å². The summed E-state index contributed by atoms with van der Waals surface area (Å²) in [7, 11) is 4.79. The third-order valence-electron chi connectivity index (χ3n) is 6.07. The summed E-state index contributed by atoms with van der Waals surface area (Å²) < 4.78 is 29.2. The number of hydrogen-bond donors (Lipinski definition) is 0. The second kappa shape index (κ2) is 7.87. The van der Waals surface area contributed by atoms with Gasteiger partial charge in [-0.15, -0.1) is 0 Å². The highest BCUT2D eigenvalue weighted by Gasteiger charge is 2.59. The first-order chi connectivity index (χ1) is 12.1. The summed E-state index contributed by atoms with van der Waals surface area (Å²) in [4.78, 5) is 11.8. The van der Waals surface area contributed by atoms with Gasteiger partial charge in [-0.1, -0.05) is 20.8 Å². The zero-order valence-electron chi connectivity index (χ0n) is 17.4. The van der Waals surface area contributed by atoms with E-state index in [-0.39, 0.29) is 42.0 Å².